The Kier molecular flexibility index (Phi) is 19.7. The SMILES string of the molecule is CCCN(CC)CCCN(CCCN(CC)CCC)CC[Si](CC)(OCC)OCC. The van der Waals surface area contributed by atoms with Crippen molar-refractivity contribution in [3.05, 3.63) is 0 Å². The molecule has 0 saturated carbocycles. The topological polar surface area (TPSA) is 28.2 Å². The summed E-state index contributed by atoms with van der Waals surface area (Å²) in [5.41, 5.74) is 0. The standard InChI is InChI=1S/C24H55N3O2Si/c1-8-17-25(10-3)19-15-21-27(22-16-20-26(11-4)18-9-2)23-24-30(14-7,28-12-5)29-13-6/h8-24H2,1-7H3. The molecule has 0 aromatic heterocycles. The van der Waals surface area contributed by atoms with Crippen LogP contribution >= 0.6 is 0 Å². The Hall–Kier alpha value is 0.0169. The predicted molar refractivity (Wildman–Crippen MR) is 135 cm³/mol. The summed E-state index contributed by atoms with van der Waals surface area (Å²) in [7, 11) is -2.06. The quantitative estimate of drug-likeness (QED) is 0.217. The van der Waals surface area contributed by atoms with Gasteiger partial charge in [-0.15, -0.1) is 0 Å². The molecule has 0 N–H and O–H groups in total. The van der Waals surface area contributed by atoms with Crippen molar-refractivity contribution in [2.45, 2.75) is 86.2 Å². The van der Waals surface area contributed by atoms with Gasteiger partial charge in [0, 0.05) is 25.8 Å². The van der Waals surface area contributed by atoms with Gasteiger partial charge in [0.15, 0.2) is 0 Å². The summed E-state index contributed by atoms with van der Waals surface area (Å²) in [6.45, 7) is 27.8. The molecule has 0 aliphatic rings. The van der Waals surface area contributed by atoms with Crippen LogP contribution in [0.15, 0.2) is 0 Å². The average molecular weight is 446 g/mol. The summed E-state index contributed by atoms with van der Waals surface area (Å²) in [5.74, 6) is 0. The summed E-state index contributed by atoms with van der Waals surface area (Å²) < 4.78 is 12.5. The van der Waals surface area contributed by atoms with Gasteiger partial charge in [-0.2, -0.15) is 0 Å². The first-order valence-electron chi connectivity index (χ1n) is 13.0. The fraction of sp³-hybridized carbons (Fsp3) is 1.00. The average Bonchev–Trinajstić information content (AvgIpc) is 2.75. The van der Waals surface area contributed by atoms with Gasteiger partial charge in [-0.3, -0.25) is 0 Å². The normalized spacial score (nSPS) is 12.6. The van der Waals surface area contributed by atoms with E-state index >= 15 is 0 Å². The van der Waals surface area contributed by atoms with E-state index in [9.17, 15) is 0 Å². The molecule has 0 bridgehead atoms. The maximum absolute atomic E-state index is 6.23. The largest absolute Gasteiger partial charge is 0.394 e. The van der Waals surface area contributed by atoms with Crippen LogP contribution in [-0.4, -0.2) is 95.4 Å². The van der Waals surface area contributed by atoms with Crippen molar-refractivity contribution in [1.29, 1.82) is 0 Å². The zero-order valence-corrected chi connectivity index (χ0v) is 22.7. The van der Waals surface area contributed by atoms with E-state index in [0.29, 0.717) is 0 Å². The molecule has 0 aliphatic carbocycles. The third kappa shape index (κ3) is 13.4. The molecule has 0 heterocycles. The van der Waals surface area contributed by atoms with Crippen LogP contribution in [0.4, 0.5) is 0 Å². The summed E-state index contributed by atoms with van der Waals surface area (Å²) in [5, 5.41) is 0. The van der Waals surface area contributed by atoms with Crippen molar-refractivity contribution < 1.29 is 8.85 Å². The Labute approximate surface area is 190 Å². The maximum atomic E-state index is 6.23. The first-order valence-corrected chi connectivity index (χ1v) is 15.2. The zero-order valence-electron chi connectivity index (χ0n) is 21.7. The maximum Gasteiger partial charge on any atom is 0.339 e. The van der Waals surface area contributed by atoms with Crippen LogP contribution in [0.5, 0.6) is 0 Å². The highest BCUT2D eigenvalue weighted by molar-refractivity contribution is 6.67. The first-order chi connectivity index (χ1) is 14.5. The van der Waals surface area contributed by atoms with E-state index in [0.717, 1.165) is 44.9 Å². The molecule has 182 valence electrons. The molecule has 0 radical (unpaired) electrons. The third-order valence-corrected chi connectivity index (χ3v) is 9.73. The molecule has 0 atom stereocenters. The Balaban J connectivity index is 4.81. The monoisotopic (exact) mass is 445 g/mol. The highest BCUT2D eigenvalue weighted by Crippen LogP contribution is 2.20. The van der Waals surface area contributed by atoms with Gasteiger partial charge in [0.05, 0.1) is 0 Å². The Morgan fingerprint density at radius 2 is 0.967 bits per heavy atom. The highest BCUT2D eigenvalue weighted by Gasteiger charge is 2.35. The molecular weight excluding hydrogens is 390 g/mol. The fourth-order valence-electron chi connectivity index (χ4n) is 4.28. The van der Waals surface area contributed by atoms with Crippen molar-refractivity contribution >= 4 is 8.56 Å². The molecule has 5 nitrogen and oxygen atoms in total. The lowest BCUT2D eigenvalue weighted by molar-refractivity contribution is 0.171. The second-order valence-electron chi connectivity index (χ2n) is 8.30. The van der Waals surface area contributed by atoms with E-state index in [4.69, 9.17) is 8.85 Å². The van der Waals surface area contributed by atoms with E-state index in [1.807, 2.05) is 0 Å². The third-order valence-electron chi connectivity index (χ3n) is 6.03. The number of hydrogen-bond donors (Lipinski definition) is 0. The van der Waals surface area contributed by atoms with Gasteiger partial charge in [0.2, 0.25) is 0 Å². The minimum atomic E-state index is -2.06. The van der Waals surface area contributed by atoms with E-state index in [-0.39, 0.29) is 0 Å². The lowest BCUT2D eigenvalue weighted by atomic mass is 10.3. The predicted octanol–water partition coefficient (Wildman–Crippen LogP) is 5.07. The summed E-state index contributed by atoms with van der Waals surface area (Å²) >= 11 is 0. The van der Waals surface area contributed by atoms with Crippen molar-refractivity contribution in [2.24, 2.45) is 0 Å². The zero-order chi connectivity index (χ0) is 22.7. The Morgan fingerprint density at radius 1 is 0.533 bits per heavy atom. The molecule has 0 fully saturated rings. The molecule has 0 aromatic carbocycles. The van der Waals surface area contributed by atoms with Crippen LogP contribution < -0.4 is 0 Å². The van der Waals surface area contributed by atoms with E-state index in [1.165, 1.54) is 65.0 Å². The van der Waals surface area contributed by atoms with Crippen molar-refractivity contribution in [2.75, 3.05) is 72.1 Å². The minimum absolute atomic E-state index is 0.769. The molecule has 0 amide bonds. The fourth-order valence-corrected chi connectivity index (χ4v) is 7.12. The van der Waals surface area contributed by atoms with E-state index in [1.54, 1.807) is 0 Å². The van der Waals surface area contributed by atoms with Crippen LogP contribution in [0.3, 0.4) is 0 Å². The molecule has 0 saturated heterocycles. The van der Waals surface area contributed by atoms with Gasteiger partial charge in [0.25, 0.3) is 0 Å². The van der Waals surface area contributed by atoms with Crippen LogP contribution in [0.1, 0.15) is 74.1 Å². The molecular formula is C24H55N3O2Si. The van der Waals surface area contributed by atoms with Gasteiger partial charge >= 0.3 is 8.56 Å². The van der Waals surface area contributed by atoms with Crippen LogP contribution in [0, 0.1) is 0 Å². The lowest BCUT2D eigenvalue weighted by Gasteiger charge is -2.32. The molecule has 6 heteroatoms. The van der Waals surface area contributed by atoms with Gasteiger partial charge in [-0.25, -0.2) is 0 Å². The molecule has 0 aliphatic heterocycles. The van der Waals surface area contributed by atoms with Crippen LogP contribution in [-0.2, 0) is 8.85 Å². The van der Waals surface area contributed by atoms with Gasteiger partial charge in [0.1, 0.15) is 0 Å². The Bertz CT molecular complexity index is 348. The van der Waals surface area contributed by atoms with Gasteiger partial charge in [-0.05, 0) is 97.9 Å². The molecule has 30 heavy (non-hydrogen) atoms. The van der Waals surface area contributed by atoms with Crippen molar-refractivity contribution in [3.8, 4) is 0 Å². The van der Waals surface area contributed by atoms with E-state index in [2.05, 4.69) is 63.2 Å². The van der Waals surface area contributed by atoms with Crippen LogP contribution in [0.25, 0.3) is 0 Å². The summed E-state index contributed by atoms with van der Waals surface area (Å²) in [4.78, 5) is 7.86. The van der Waals surface area contributed by atoms with Crippen LogP contribution in [0.2, 0.25) is 12.1 Å². The highest BCUT2D eigenvalue weighted by atomic mass is 28.4. The molecule has 0 unspecified atom stereocenters. The van der Waals surface area contributed by atoms with Crippen molar-refractivity contribution in [1.82, 2.24) is 14.7 Å². The first kappa shape index (κ1) is 30.0. The number of hydrogen-bond acceptors (Lipinski definition) is 5. The van der Waals surface area contributed by atoms with E-state index < -0.39 is 8.56 Å². The molecule has 0 spiro atoms. The van der Waals surface area contributed by atoms with Gasteiger partial charge in [-0.1, -0.05) is 34.6 Å². The van der Waals surface area contributed by atoms with Gasteiger partial charge < -0.3 is 23.6 Å². The lowest BCUT2D eigenvalue weighted by Crippen LogP contribution is -2.45. The molecule has 0 aromatic rings. The smallest absolute Gasteiger partial charge is 0.339 e. The van der Waals surface area contributed by atoms with Crippen molar-refractivity contribution in [3.63, 3.8) is 0 Å². The Morgan fingerprint density at radius 3 is 1.30 bits per heavy atom. The molecule has 0 rings (SSSR count). The summed E-state index contributed by atoms with van der Waals surface area (Å²) in [6.07, 6.45) is 5.00. The second-order valence-corrected chi connectivity index (χ2v) is 11.9. The second kappa shape index (κ2) is 19.7. The summed E-state index contributed by atoms with van der Waals surface area (Å²) in [6, 6.07) is 2.13. The minimum Gasteiger partial charge on any atom is -0.394 e. The number of nitrogens with zero attached hydrogens (tertiary/aromatic N) is 3. The number of rotatable bonds is 22.